The molecule has 0 bridgehead atoms. The van der Waals surface area contributed by atoms with E-state index in [0.717, 1.165) is 11.1 Å². The smallest absolute Gasteiger partial charge is 0.261 e. The first-order valence-electron chi connectivity index (χ1n) is 9.59. The third-order valence-corrected chi connectivity index (χ3v) is 6.34. The number of aryl methyl sites for hydroxylation is 2. The lowest BCUT2D eigenvalue weighted by Crippen LogP contribution is -2.29. The molecule has 0 radical (unpaired) electrons. The van der Waals surface area contributed by atoms with Gasteiger partial charge < -0.3 is 10.6 Å². The van der Waals surface area contributed by atoms with E-state index < -0.39 is 15.9 Å². The van der Waals surface area contributed by atoms with Crippen LogP contribution in [0.3, 0.4) is 0 Å². The number of benzene rings is 2. The first-order chi connectivity index (χ1) is 14.8. The van der Waals surface area contributed by atoms with Gasteiger partial charge in [-0.25, -0.2) is 13.4 Å². The summed E-state index contributed by atoms with van der Waals surface area (Å²) in [6.07, 6.45) is 1.67. The Bertz CT molecular complexity index is 1180. The SMILES string of the molecule is Cc1ccc(NS(=O)(=O)c2ccc(Cl)c(C(=O)NCCNc3ccccn3)c2)cc1C. The average molecular weight is 459 g/mol. The molecule has 3 aromatic rings. The molecule has 3 rings (SSSR count). The largest absolute Gasteiger partial charge is 0.368 e. The zero-order valence-electron chi connectivity index (χ0n) is 17.1. The molecule has 1 amide bonds. The Kier molecular flexibility index (Phi) is 7.14. The van der Waals surface area contributed by atoms with Gasteiger partial charge in [0.1, 0.15) is 5.82 Å². The van der Waals surface area contributed by atoms with Crippen molar-refractivity contribution in [3.63, 3.8) is 0 Å². The molecule has 0 aliphatic rings. The zero-order valence-corrected chi connectivity index (χ0v) is 18.7. The fraction of sp³-hybridized carbons (Fsp3) is 0.182. The molecule has 7 nitrogen and oxygen atoms in total. The summed E-state index contributed by atoms with van der Waals surface area (Å²) in [4.78, 5) is 16.6. The Labute approximate surface area is 186 Å². The number of aromatic nitrogens is 1. The Morgan fingerprint density at radius 3 is 2.52 bits per heavy atom. The third-order valence-electron chi connectivity index (χ3n) is 4.63. The molecule has 0 aliphatic carbocycles. The fourth-order valence-corrected chi connectivity index (χ4v) is 4.07. The molecule has 1 aromatic heterocycles. The van der Waals surface area contributed by atoms with Crippen molar-refractivity contribution in [2.45, 2.75) is 18.7 Å². The maximum absolute atomic E-state index is 12.8. The Morgan fingerprint density at radius 1 is 1.00 bits per heavy atom. The lowest BCUT2D eigenvalue weighted by atomic mass is 10.1. The van der Waals surface area contributed by atoms with Gasteiger partial charge in [-0.3, -0.25) is 9.52 Å². The highest BCUT2D eigenvalue weighted by molar-refractivity contribution is 7.92. The van der Waals surface area contributed by atoms with Crippen LogP contribution in [0.1, 0.15) is 21.5 Å². The first-order valence-corrected chi connectivity index (χ1v) is 11.4. The van der Waals surface area contributed by atoms with Gasteiger partial charge in [-0.1, -0.05) is 23.7 Å². The molecule has 162 valence electrons. The summed E-state index contributed by atoms with van der Waals surface area (Å²) in [6, 6.07) is 14.8. The summed E-state index contributed by atoms with van der Waals surface area (Å²) >= 11 is 6.15. The van der Waals surface area contributed by atoms with E-state index in [1.54, 1.807) is 18.3 Å². The summed E-state index contributed by atoms with van der Waals surface area (Å²) in [5.41, 5.74) is 2.56. The van der Waals surface area contributed by atoms with Gasteiger partial charge in [0.05, 0.1) is 15.5 Å². The van der Waals surface area contributed by atoms with Crippen molar-refractivity contribution in [1.82, 2.24) is 10.3 Å². The molecule has 0 saturated heterocycles. The maximum atomic E-state index is 12.8. The van der Waals surface area contributed by atoms with Gasteiger partial charge in [0.2, 0.25) is 0 Å². The van der Waals surface area contributed by atoms with E-state index in [2.05, 4.69) is 20.3 Å². The highest BCUT2D eigenvalue weighted by atomic mass is 35.5. The van der Waals surface area contributed by atoms with Gasteiger partial charge in [-0.05, 0) is 67.4 Å². The summed E-state index contributed by atoms with van der Waals surface area (Å²) in [6.45, 7) is 4.61. The van der Waals surface area contributed by atoms with Crippen LogP contribution in [0.4, 0.5) is 11.5 Å². The van der Waals surface area contributed by atoms with Crippen molar-refractivity contribution in [3.8, 4) is 0 Å². The molecule has 0 fully saturated rings. The number of amides is 1. The minimum Gasteiger partial charge on any atom is -0.368 e. The van der Waals surface area contributed by atoms with Crippen molar-refractivity contribution in [3.05, 3.63) is 82.5 Å². The lowest BCUT2D eigenvalue weighted by Gasteiger charge is -2.12. The van der Waals surface area contributed by atoms with Crippen molar-refractivity contribution in [2.75, 3.05) is 23.1 Å². The zero-order chi connectivity index (χ0) is 22.4. The Hall–Kier alpha value is -3.10. The minimum absolute atomic E-state index is 0.0492. The number of nitrogens with zero attached hydrogens (tertiary/aromatic N) is 1. The molecule has 0 aliphatic heterocycles. The normalized spacial score (nSPS) is 11.1. The number of nitrogens with one attached hydrogen (secondary N) is 3. The van der Waals surface area contributed by atoms with Crippen LogP contribution < -0.4 is 15.4 Å². The number of carbonyl (C=O) groups excluding carboxylic acids is 1. The van der Waals surface area contributed by atoms with Crippen LogP contribution in [0.25, 0.3) is 0 Å². The molecule has 2 aromatic carbocycles. The monoisotopic (exact) mass is 458 g/mol. The number of hydrogen-bond donors (Lipinski definition) is 3. The molecule has 0 spiro atoms. The summed E-state index contributed by atoms with van der Waals surface area (Å²) in [5.74, 6) is 0.233. The van der Waals surface area contributed by atoms with E-state index in [1.165, 1.54) is 18.2 Å². The van der Waals surface area contributed by atoms with Gasteiger partial charge in [0.15, 0.2) is 0 Å². The average Bonchev–Trinajstić information content (AvgIpc) is 2.74. The third kappa shape index (κ3) is 5.96. The number of pyridine rings is 1. The molecule has 0 atom stereocenters. The van der Waals surface area contributed by atoms with Crippen LogP contribution in [-0.4, -0.2) is 32.4 Å². The topological polar surface area (TPSA) is 100 Å². The van der Waals surface area contributed by atoms with Crippen molar-refractivity contribution < 1.29 is 13.2 Å². The van der Waals surface area contributed by atoms with Crippen LogP contribution in [-0.2, 0) is 10.0 Å². The van der Waals surface area contributed by atoms with Crippen LogP contribution in [0.2, 0.25) is 5.02 Å². The first kappa shape index (κ1) is 22.6. The predicted octanol–water partition coefficient (Wildman–Crippen LogP) is 3.99. The second-order valence-corrected chi connectivity index (χ2v) is 9.03. The van der Waals surface area contributed by atoms with Crippen molar-refractivity contribution in [1.29, 1.82) is 0 Å². The van der Waals surface area contributed by atoms with Crippen molar-refractivity contribution >= 4 is 39.0 Å². The highest BCUT2D eigenvalue weighted by Crippen LogP contribution is 2.23. The Balaban J connectivity index is 1.68. The fourth-order valence-electron chi connectivity index (χ4n) is 2.79. The van der Waals surface area contributed by atoms with E-state index >= 15 is 0 Å². The highest BCUT2D eigenvalue weighted by Gasteiger charge is 2.19. The lowest BCUT2D eigenvalue weighted by molar-refractivity contribution is 0.0955. The van der Waals surface area contributed by atoms with E-state index in [4.69, 9.17) is 11.6 Å². The quantitative estimate of drug-likeness (QED) is 0.443. The molecule has 0 saturated carbocycles. The summed E-state index contributed by atoms with van der Waals surface area (Å²) in [5, 5.41) is 5.96. The van der Waals surface area contributed by atoms with Crippen LogP contribution >= 0.6 is 11.6 Å². The number of sulfonamides is 1. The van der Waals surface area contributed by atoms with E-state index in [1.807, 2.05) is 38.1 Å². The number of hydrogen-bond acceptors (Lipinski definition) is 5. The van der Waals surface area contributed by atoms with E-state index in [9.17, 15) is 13.2 Å². The van der Waals surface area contributed by atoms with Crippen LogP contribution in [0.5, 0.6) is 0 Å². The molecule has 9 heteroatoms. The molecule has 3 N–H and O–H groups in total. The number of carbonyl (C=O) groups is 1. The summed E-state index contributed by atoms with van der Waals surface area (Å²) < 4.78 is 28.1. The number of anilines is 2. The molecular formula is C22H23ClN4O3S. The predicted molar refractivity (Wildman–Crippen MR) is 123 cm³/mol. The van der Waals surface area contributed by atoms with Gasteiger partial charge >= 0.3 is 0 Å². The van der Waals surface area contributed by atoms with Gasteiger partial charge in [0, 0.05) is 25.0 Å². The second-order valence-electron chi connectivity index (χ2n) is 6.94. The number of halogens is 1. The van der Waals surface area contributed by atoms with Gasteiger partial charge in [-0.2, -0.15) is 0 Å². The van der Waals surface area contributed by atoms with E-state index in [-0.39, 0.29) is 15.5 Å². The van der Waals surface area contributed by atoms with Crippen LogP contribution in [0, 0.1) is 13.8 Å². The standard InChI is InChI=1S/C22H23ClN4O3S/c1-15-6-7-17(13-16(15)2)27-31(29,30)18-8-9-20(23)19(14-18)22(28)26-12-11-25-21-5-3-4-10-24-21/h3-10,13-14,27H,11-12H2,1-2H3,(H,24,25)(H,26,28). The molecule has 1 heterocycles. The van der Waals surface area contributed by atoms with Crippen molar-refractivity contribution in [2.24, 2.45) is 0 Å². The van der Waals surface area contributed by atoms with Gasteiger partial charge in [-0.15, -0.1) is 0 Å². The maximum Gasteiger partial charge on any atom is 0.261 e. The second kappa shape index (κ2) is 9.80. The Morgan fingerprint density at radius 2 is 1.81 bits per heavy atom. The minimum atomic E-state index is -3.89. The molecule has 31 heavy (non-hydrogen) atoms. The number of rotatable bonds is 8. The molecule has 0 unspecified atom stereocenters. The van der Waals surface area contributed by atoms with E-state index in [0.29, 0.717) is 24.6 Å². The van der Waals surface area contributed by atoms with Gasteiger partial charge in [0.25, 0.3) is 15.9 Å². The molecular weight excluding hydrogens is 436 g/mol. The summed E-state index contributed by atoms with van der Waals surface area (Å²) in [7, 11) is -3.89. The van der Waals surface area contributed by atoms with Crippen LogP contribution in [0.15, 0.2) is 65.7 Å².